The van der Waals surface area contributed by atoms with Crippen molar-refractivity contribution < 1.29 is 17.9 Å². The van der Waals surface area contributed by atoms with Gasteiger partial charge in [0, 0.05) is 22.1 Å². The van der Waals surface area contributed by atoms with E-state index >= 15 is 0 Å². The van der Waals surface area contributed by atoms with Crippen molar-refractivity contribution in [2.75, 3.05) is 10.6 Å². The molecule has 3 aromatic rings. The second-order valence-electron chi connectivity index (χ2n) is 6.60. The Morgan fingerprint density at radius 1 is 1.07 bits per heavy atom. The third-order valence-corrected chi connectivity index (χ3v) is 4.91. The second kappa shape index (κ2) is 9.34. The third kappa shape index (κ3) is 6.09. The monoisotopic (exact) mass is 480 g/mol. The molecule has 0 unspecified atom stereocenters. The van der Waals surface area contributed by atoms with E-state index in [-0.39, 0.29) is 11.8 Å². The highest BCUT2D eigenvalue weighted by atomic mass is 79.9. The maximum absolute atomic E-state index is 12.6. The summed E-state index contributed by atoms with van der Waals surface area (Å²) >= 11 is 3.48. The number of rotatable bonds is 7. The number of aromatic nitrogens is 2. The lowest BCUT2D eigenvalue weighted by atomic mass is 10.1. The molecular formula is C21H20BrF3N4O. The van der Waals surface area contributed by atoms with Gasteiger partial charge in [0.05, 0.1) is 11.4 Å². The van der Waals surface area contributed by atoms with Crippen LogP contribution in [0.1, 0.15) is 20.3 Å². The Hall–Kier alpha value is -2.81. The largest absolute Gasteiger partial charge is 0.573 e. The number of nitrogens with zero attached hydrogens (tertiary/aromatic N) is 2. The molecule has 0 aliphatic heterocycles. The molecule has 158 valence electrons. The van der Waals surface area contributed by atoms with E-state index in [1.165, 1.54) is 18.2 Å². The molecule has 2 aromatic carbocycles. The molecule has 30 heavy (non-hydrogen) atoms. The van der Waals surface area contributed by atoms with Gasteiger partial charge in [0.25, 0.3) is 0 Å². The van der Waals surface area contributed by atoms with Crippen LogP contribution in [0.5, 0.6) is 5.75 Å². The van der Waals surface area contributed by atoms with Crippen LogP contribution in [-0.2, 0) is 0 Å². The van der Waals surface area contributed by atoms with Gasteiger partial charge in [-0.25, -0.2) is 4.98 Å². The molecule has 2 N–H and O–H groups in total. The topological polar surface area (TPSA) is 59.1 Å². The molecule has 0 fully saturated rings. The first kappa shape index (κ1) is 21.9. The Balaban J connectivity index is 2.00. The molecular weight excluding hydrogens is 461 g/mol. The van der Waals surface area contributed by atoms with E-state index in [9.17, 15) is 13.2 Å². The normalized spacial score (nSPS) is 12.3. The van der Waals surface area contributed by atoms with Crippen LogP contribution in [0, 0.1) is 0 Å². The lowest BCUT2D eigenvalue weighted by Crippen LogP contribution is -2.17. The van der Waals surface area contributed by atoms with Crippen LogP contribution >= 0.6 is 15.9 Å². The van der Waals surface area contributed by atoms with E-state index in [2.05, 4.69) is 41.3 Å². The van der Waals surface area contributed by atoms with Gasteiger partial charge in [-0.3, -0.25) is 0 Å². The van der Waals surface area contributed by atoms with E-state index < -0.39 is 6.36 Å². The number of ether oxygens (including phenoxy) is 1. The van der Waals surface area contributed by atoms with Gasteiger partial charge in [-0.2, -0.15) is 4.98 Å². The fourth-order valence-electron chi connectivity index (χ4n) is 2.60. The summed E-state index contributed by atoms with van der Waals surface area (Å²) < 4.78 is 42.7. The van der Waals surface area contributed by atoms with E-state index in [4.69, 9.17) is 0 Å². The molecule has 0 aliphatic rings. The predicted molar refractivity (Wildman–Crippen MR) is 115 cm³/mol. The predicted octanol–water partition coefficient (Wildman–Crippen LogP) is 6.76. The number of hydrogen-bond acceptors (Lipinski definition) is 5. The van der Waals surface area contributed by atoms with Crippen molar-refractivity contribution in [1.82, 2.24) is 9.97 Å². The zero-order valence-corrected chi connectivity index (χ0v) is 17.9. The van der Waals surface area contributed by atoms with Gasteiger partial charge < -0.3 is 15.4 Å². The Labute approximate surface area is 180 Å². The molecule has 3 rings (SSSR count). The highest BCUT2D eigenvalue weighted by molar-refractivity contribution is 9.10. The van der Waals surface area contributed by atoms with Crippen LogP contribution in [0.25, 0.3) is 11.3 Å². The molecule has 1 atom stereocenters. The number of benzene rings is 2. The lowest BCUT2D eigenvalue weighted by Gasteiger charge is -2.15. The van der Waals surface area contributed by atoms with E-state index in [1.807, 2.05) is 38.1 Å². The smallest absolute Gasteiger partial charge is 0.406 e. The van der Waals surface area contributed by atoms with Gasteiger partial charge in [0.2, 0.25) is 5.95 Å². The number of hydrogen-bond donors (Lipinski definition) is 2. The van der Waals surface area contributed by atoms with Gasteiger partial charge in [-0.15, -0.1) is 13.2 Å². The summed E-state index contributed by atoms with van der Waals surface area (Å²) in [7, 11) is 0. The average Bonchev–Trinajstić information content (AvgIpc) is 2.68. The van der Waals surface area contributed by atoms with Crippen LogP contribution in [0.2, 0.25) is 0 Å². The molecule has 0 amide bonds. The molecule has 0 bridgehead atoms. The Kier molecular flexibility index (Phi) is 6.81. The second-order valence-corrected chi connectivity index (χ2v) is 7.45. The van der Waals surface area contributed by atoms with Gasteiger partial charge in [-0.05, 0) is 53.5 Å². The highest BCUT2D eigenvalue weighted by Crippen LogP contribution is 2.30. The molecule has 0 spiro atoms. The lowest BCUT2D eigenvalue weighted by molar-refractivity contribution is -0.274. The average molecular weight is 481 g/mol. The molecule has 5 nitrogen and oxygen atoms in total. The van der Waals surface area contributed by atoms with Crippen molar-refractivity contribution in [3.05, 3.63) is 59.1 Å². The zero-order chi connectivity index (χ0) is 21.7. The Bertz CT molecular complexity index is 1010. The van der Waals surface area contributed by atoms with Gasteiger partial charge in [0.15, 0.2) is 0 Å². The molecule has 0 saturated heterocycles. The maximum atomic E-state index is 12.6. The maximum Gasteiger partial charge on any atom is 0.573 e. The number of anilines is 3. The molecule has 0 radical (unpaired) electrons. The van der Waals surface area contributed by atoms with E-state index in [0.29, 0.717) is 23.0 Å². The summed E-state index contributed by atoms with van der Waals surface area (Å²) in [5.41, 5.74) is 1.73. The van der Waals surface area contributed by atoms with Crippen molar-refractivity contribution in [1.29, 1.82) is 0 Å². The SMILES string of the molecule is CC[C@@H](C)Nc1nc(Nc2ccccc2Br)cc(-c2cccc(OC(F)(F)F)c2)n1. The zero-order valence-electron chi connectivity index (χ0n) is 16.3. The van der Waals surface area contributed by atoms with Crippen LogP contribution in [0.4, 0.5) is 30.6 Å². The fraction of sp³-hybridized carbons (Fsp3) is 0.238. The molecule has 0 saturated carbocycles. The van der Waals surface area contributed by atoms with Crippen molar-refractivity contribution in [3.8, 4) is 17.0 Å². The van der Waals surface area contributed by atoms with Gasteiger partial charge in [0.1, 0.15) is 11.6 Å². The first-order chi connectivity index (χ1) is 14.2. The molecule has 1 aromatic heterocycles. The van der Waals surface area contributed by atoms with E-state index in [1.54, 1.807) is 12.1 Å². The Morgan fingerprint density at radius 2 is 1.83 bits per heavy atom. The third-order valence-electron chi connectivity index (χ3n) is 4.21. The molecule has 9 heteroatoms. The summed E-state index contributed by atoms with van der Waals surface area (Å²) in [6, 6.07) is 15.0. The van der Waals surface area contributed by atoms with Crippen LogP contribution in [-0.4, -0.2) is 22.4 Å². The van der Waals surface area contributed by atoms with Crippen LogP contribution in [0.15, 0.2) is 59.1 Å². The first-order valence-electron chi connectivity index (χ1n) is 9.27. The quantitative estimate of drug-likeness (QED) is 0.391. The summed E-state index contributed by atoms with van der Waals surface area (Å²) in [5.74, 6) is 0.564. The van der Waals surface area contributed by atoms with Gasteiger partial charge in [-0.1, -0.05) is 31.2 Å². The first-order valence-corrected chi connectivity index (χ1v) is 10.1. The van der Waals surface area contributed by atoms with Crippen molar-refractivity contribution >= 4 is 33.4 Å². The molecule has 0 aliphatic carbocycles. The number of para-hydroxylation sites is 1. The van der Waals surface area contributed by atoms with Gasteiger partial charge >= 0.3 is 6.36 Å². The van der Waals surface area contributed by atoms with Crippen LogP contribution < -0.4 is 15.4 Å². The standard InChI is InChI=1S/C21H20BrF3N4O/c1-3-13(2)26-20-28-18(14-7-6-8-15(11-14)30-21(23,24)25)12-19(29-20)27-17-10-5-4-9-16(17)22/h4-13H,3H2,1-2H3,(H2,26,27,28,29)/t13-/m1/s1. The van der Waals surface area contributed by atoms with E-state index in [0.717, 1.165) is 16.6 Å². The Morgan fingerprint density at radius 3 is 2.53 bits per heavy atom. The number of nitrogens with one attached hydrogen (secondary N) is 2. The minimum atomic E-state index is -4.76. The number of halogens is 4. The fourth-order valence-corrected chi connectivity index (χ4v) is 2.98. The summed E-state index contributed by atoms with van der Waals surface area (Å²) in [4.78, 5) is 8.98. The highest BCUT2D eigenvalue weighted by Gasteiger charge is 2.31. The van der Waals surface area contributed by atoms with Crippen molar-refractivity contribution in [2.45, 2.75) is 32.7 Å². The van der Waals surface area contributed by atoms with Crippen molar-refractivity contribution in [2.24, 2.45) is 0 Å². The van der Waals surface area contributed by atoms with Crippen LogP contribution in [0.3, 0.4) is 0 Å². The summed E-state index contributed by atoms with van der Waals surface area (Å²) in [6.45, 7) is 4.02. The van der Waals surface area contributed by atoms with Crippen molar-refractivity contribution in [3.63, 3.8) is 0 Å². The minimum absolute atomic E-state index is 0.122. The summed E-state index contributed by atoms with van der Waals surface area (Å²) in [6.07, 6.45) is -3.91. The molecule has 1 heterocycles. The minimum Gasteiger partial charge on any atom is -0.406 e. The summed E-state index contributed by atoms with van der Waals surface area (Å²) in [5, 5.41) is 6.43. The number of alkyl halides is 3.